The summed E-state index contributed by atoms with van der Waals surface area (Å²) in [5, 5.41) is 78.3. The van der Waals surface area contributed by atoms with Gasteiger partial charge in [0.2, 0.25) is 33.7 Å². The van der Waals surface area contributed by atoms with Crippen LogP contribution in [0.3, 0.4) is 0 Å². The smallest absolute Gasteiger partial charge is 0.323 e. The standard InChI is InChI=1S/C59H82N14O20S/c1-38-29-42(30-39(2)55(38)94(91,92)68-45(59(89)90)33-64-56(86)40-9-12-46-41(31-40)32-65-73(46)19-6-16-61-47-7-3-4-15-60-47)93-28-5-8-48(74)62-17-18-63-57(87)43(10-13-50(76)77)67-58(88)44(11-14-51(78)79)66-49(75)34-69-20-22-70(35-52(80)81)24-26-72(37-54(84)85)27-25-71(23-21-69)36-53(82)83/h3-4,7,9,12,15,29-32,43-45,68H,5-6,8,10-11,13-14,16-28,33-37H2,1-2H3,(H,60,61)(H,62,74)(H,63,87)(H,64,86)(H,66,75)(H,67,88)(H,76,77)(H,78,79)(H,80,81)(H,82,83)(H,84,85)(H,89,90)/t43-,44+,45+/m1/s1. The summed E-state index contributed by atoms with van der Waals surface area (Å²) >= 11 is 0. The predicted molar refractivity (Wildman–Crippen MR) is 334 cm³/mol. The topological polar surface area (TPSA) is 480 Å². The van der Waals surface area contributed by atoms with Crippen molar-refractivity contribution in [1.82, 2.24) is 65.7 Å². The molecule has 514 valence electrons. The highest BCUT2D eigenvalue weighted by atomic mass is 32.2. The van der Waals surface area contributed by atoms with E-state index in [1.807, 2.05) is 18.2 Å². The van der Waals surface area contributed by atoms with E-state index in [9.17, 15) is 91.8 Å². The minimum atomic E-state index is -4.49. The highest BCUT2D eigenvalue weighted by Gasteiger charge is 2.31. The number of nitrogens with zero attached hydrogens (tertiary/aromatic N) is 7. The monoisotopic (exact) mass is 1340 g/mol. The van der Waals surface area contributed by atoms with E-state index in [0.717, 1.165) is 17.8 Å². The molecular weight excluding hydrogens is 1260 g/mol. The Bertz CT molecular complexity index is 3360. The van der Waals surface area contributed by atoms with Crippen LogP contribution in [0.25, 0.3) is 10.9 Å². The minimum Gasteiger partial charge on any atom is -0.494 e. The number of aryl methyl sites for hydroxylation is 3. The number of aliphatic carboxylic acids is 6. The average molecular weight is 1340 g/mol. The summed E-state index contributed by atoms with van der Waals surface area (Å²) in [6, 6.07) is 8.43. The molecule has 3 heterocycles. The average Bonchev–Trinajstić information content (AvgIpc) is 0.995. The molecule has 0 aliphatic carbocycles. The van der Waals surface area contributed by atoms with Crippen LogP contribution < -0.4 is 41.4 Å². The molecule has 0 spiro atoms. The van der Waals surface area contributed by atoms with Gasteiger partial charge in [-0.2, -0.15) is 9.82 Å². The Morgan fingerprint density at radius 2 is 1.14 bits per heavy atom. The van der Waals surface area contributed by atoms with E-state index >= 15 is 0 Å². The summed E-state index contributed by atoms with van der Waals surface area (Å²) in [6.07, 6.45) is 1.99. The number of sulfonamides is 1. The van der Waals surface area contributed by atoms with Gasteiger partial charge in [0.15, 0.2) is 0 Å². The van der Waals surface area contributed by atoms with Gasteiger partial charge in [-0.15, -0.1) is 0 Å². The molecule has 3 atom stereocenters. The third-order valence-electron chi connectivity index (χ3n) is 14.7. The number of carboxylic acids is 6. The molecule has 5 amide bonds. The fourth-order valence-electron chi connectivity index (χ4n) is 10.1. The van der Waals surface area contributed by atoms with E-state index in [1.54, 1.807) is 45.1 Å². The molecule has 0 radical (unpaired) electrons. The number of amides is 5. The van der Waals surface area contributed by atoms with Gasteiger partial charge in [-0.3, -0.25) is 77.0 Å². The van der Waals surface area contributed by atoms with E-state index < -0.39 is 145 Å². The number of aromatic nitrogens is 3. The number of hydrogen-bond acceptors (Lipinski definition) is 21. The SMILES string of the molecule is Cc1cc(OCCCC(=O)NCCNC(=O)[C@@H](CCC(=O)O)NC(=O)[C@H](CCC(=O)O)NC(=O)CN2CCN(CC(=O)O)CCN(CC(=O)O)CCN(CC(=O)O)CC2)cc(C)c1S(=O)(=O)N[C@@H](CNC(=O)c1ccc2c(cnn2CCCNc2ccccn2)c1)C(=O)O. The third-order valence-corrected chi connectivity index (χ3v) is 16.5. The van der Waals surface area contributed by atoms with Crippen molar-refractivity contribution in [1.29, 1.82) is 0 Å². The molecule has 35 heteroatoms. The second kappa shape index (κ2) is 37.9. The number of carbonyl (C=O) groups excluding carboxylic acids is 5. The number of carboxylic acid groups (broad SMARTS) is 6. The van der Waals surface area contributed by atoms with E-state index in [2.05, 4.69) is 46.7 Å². The maximum Gasteiger partial charge on any atom is 0.323 e. The van der Waals surface area contributed by atoms with E-state index in [1.165, 1.54) is 35.8 Å². The van der Waals surface area contributed by atoms with Crippen molar-refractivity contribution < 1.29 is 96.5 Å². The van der Waals surface area contributed by atoms with Crippen LogP contribution in [-0.4, -0.2) is 268 Å². The Morgan fingerprint density at radius 3 is 1.67 bits per heavy atom. The Balaban J connectivity index is 1.08. The Labute approximate surface area is 540 Å². The summed E-state index contributed by atoms with van der Waals surface area (Å²) in [5.74, 6) is -10.5. The fraction of sp³-hybridized carbons (Fsp3) is 0.508. The quantitative estimate of drug-likeness (QED) is 0.0222. The Morgan fingerprint density at radius 1 is 0.585 bits per heavy atom. The van der Waals surface area contributed by atoms with Crippen LogP contribution >= 0.6 is 0 Å². The van der Waals surface area contributed by atoms with Crippen molar-refractivity contribution in [2.24, 2.45) is 0 Å². The lowest BCUT2D eigenvalue weighted by atomic mass is 10.1. The van der Waals surface area contributed by atoms with E-state index in [-0.39, 0.29) is 119 Å². The van der Waals surface area contributed by atoms with Crippen molar-refractivity contribution in [3.05, 3.63) is 77.6 Å². The molecule has 94 heavy (non-hydrogen) atoms. The van der Waals surface area contributed by atoms with Crippen molar-refractivity contribution >= 4 is 92.1 Å². The Hall–Kier alpha value is -9.42. The summed E-state index contributed by atoms with van der Waals surface area (Å²) in [5.41, 5.74) is 1.39. The summed E-state index contributed by atoms with van der Waals surface area (Å²) in [4.78, 5) is 148. The second-order valence-electron chi connectivity index (χ2n) is 22.2. The van der Waals surface area contributed by atoms with Crippen LogP contribution in [-0.2, 0) is 64.5 Å². The molecule has 1 aliphatic heterocycles. The number of rotatable bonds is 38. The third kappa shape index (κ3) is 26.7. The normalized spacial score (nSPS) is 14.8. The van der Waals surface area contributed by atoms with Gasteiger partial charge in [-0.25, -0.2) is 13.4 Å². The summed E-state index contributed by atoms with van der Waals surface area (Å²) in [7, 11) is -4.49. The highest BCUT2D eigenvalue weighted by molar-refractivity contribution is 7.89. The van der Waals surface area contributed by atoms with Crippen LogP contribution in [0.4, 0.5) is 5.82 Å². The van der Waals surface area contributed by atoms with Gasteiger partial charge in [0.1, 0.15) is 29.7 Å². The number of carbonyl (C=O) groups is 11. The highest BCUT2D eigenvalue weighted by Crippen LogP contribution is 2.27. The zero-order chi connectivity index (χ0) is 68.9. The number of benzene rings is 2. The molecule has 4 aromatic rings. The first-order valence-corrected chi connectivity index (χ1v) is 31.6. The summed E-state index contributed by atoms with van der Waals surface area (Å²) < 4.78 is 37.2. The summed E-state index contributed by atoms with van der Waals surface area (Å²) in [6.45, 7) is 2.28. The predicted octanol–water partition coefficient (Wildman–Crippen LogP) is -1.72. The molecular formula is C59H82N14O20S. The first-order valence-electron chi connectivity index (χ1n) is 30.2. The second-order valence-corrected chi connectivity index (χ2v) is 23.8. The number of fused-ring (bicyclic) bond motifs is 1. The lowest BCUT2D eigenvalue weighted by Gasteiger charge is -2.33. The molecule has 0 unspecified atom stereocenters. The Kier molecular flexibility index (Phi) is 30.4. The molecule has 13 N–H and O–H groups in total. The van der Waals surface area contributed by atoms with Crippen LogP contribution in [0.15, 0.2) is 65.8 Å². The van der Waals surface area contributed by atoms with Crippen LogP contribution in [0.1, 0.15) is 66.4 Å². The molecule has 2 aromatic carbocycles. The fourth-order valence-corrected chi connectivity index (χ4v) is 11.7. The van der Waals surface area contributed by atoms with E-state index in [0.29, 0.717) is 18.5 Å². The van der Waals surface area contributed by atoms with Gasteiger partial charge in [-0.1, -0.05) is 6.07 Å². The number of hydrogen-bond donors (Lipinski definition) is 13. The van der Waals surface area contributed by atoms with Gasteiger partial charge in [0.05, 0.1) is 49.4 Å². The molecule has 1 fully saturated rings. The molecule has 34 nitrogen and oxygen atoms in total. The number of pyridine rings is 1. The first-order chi connectivity index (χ1) is 44.6. The van der Waals surface area contributed by atoms with Crippen LogP contribution in [0.5, 0.6) is 5.75 Å². The number of nitrogens with one attached hydrogen (secondary N) is 7. The lowest BCUT2D eigenvalue weighted by Crippen LogP contribution is -2.55. The van der Waals surface area contributed by atoms with Crippen molar-refractivity contribution in [2.45, 2.75) is 88.4 Å². The molecule has 5 rings (SSSR count). The number of ether oxygens (including phenoxy) is 1. The molecule has 0 bridgehead atoms. The van der Waals surface area contributed by atoms with E-state index in [4.69, 9.17) is 4.74 Å². The number of anilines is 1. The first kappa shape index (κ1) is 75.3. The van der Waals surface area contributed by atoms with Gasteiger partial charge in [-0.05, 0) is 93.1 Å². The molecule has 0 saturated carbocycles. The zero-order valence-electron chi connectivity index (χ0n) is 52.1. The maximum atomic E-state index is 13.7. The minimum absolute atomic E-state index is 0.00981. The molecule has 1 aliphatic rings. The van der Waals surface area contributed by atoms with Gasteiger partial charge < -0.3 is 67.3 Å². The van der Waals surface area contributed by atoms with Crippen molar-refractivity contribution in [2.75, 3.05) is 117 Å². The largest absolute Gasteiger partial charge is 0.494 e. The van der Waals surface area contributed by atoms with Crippen LogP contribution in [0.2, 0.25) is 0 Å². The van der Waals surface area contributed by atoms with Crippen LogP contribution in [0, 0.1) is 13.8 Å². The molecule has 2 aromatic heterocycles. The van der Waals surface area contributed by atoms with Gasteiger partial charge >= 0.3 is 35.8 Å². The zero-order valence-corrected chi connectivity index (χ0v) is 52.9. The van der Waals surface area contributed by atoms with Gasteiger partial charge in [0.25, 0.3) is 5.91 Å². The van der Waals surface area contributed by atoms with Crippen molar-refractivity contribution in [3.8, 4) is 5.75 Å². The molecule has 1 saturated heterocycles. The van der Waals surface area contributed by atoms with Gasteiger partial charge in [0, 0.05) is 121 Å². The maximum absolute atomic E-state index is 13.7. The lowest BCUT2D eigenvalue weighted by molar-refractivity contribution is -0.140. The van der Waals surface area contributed by atoms with Crippen molar-refractivity contribution in [3.63, 3.8) is 0 Å².